The van der Waals surface area contributed by atoms with Gasteiger partial charge >= 0.3 is 46.5 Å². The first kappa shape index (κ1) is 10.7. The summed E-state index contributed by atoms with van der Waals surface area (Å²) in [6.45, 7) is 5.92. The third-order valence-corrected chi connectivity index (χ3v) is 0.954. The van der Waals surface area contributed by atoms with E-state index in [-0.39, 0.29) is 18.0 Å². The van der Waals surface area contributed by atoms with Gasteiger partial charge in [-0.3, -0.25) is 0 Å². The van der Waals surface area contributed by atoms with Gasteiger partial charge in [0.05, 0.1) is 0 Å². The smallest absolute Gasteiger partial charge is 0.147 e. The molecule has 3 heteroatoms. The average molecular weight is 165 g/mol. The van der Waals surface area contributed by atoms with E-state index in [1.807, 2.05) is 20.8 Å². The van der Waals surface area contributed by atoms with Crippen LogP contribution in [0, 0.1) is 0 Å². The zero-order chi connectivity index (χ0) is 5.21. The molecule has 0 aromatic carbocycles. The topological polar surface area (TPSA) is 9.23 Å². The molecule has 0 rings (SSSR count). The molecule has 0 spiro atoms. The van der Waals surface area contributed by atoms with Crippen molar-refractivity contribution in [1.29, 1.82) is 0 Å². The Morgan fingerprint density at radius 2 is 1.43 bits per heavy atom. The second kappa shape index (κ2) is 3.73. The maximum atomic E-state index is 4.75. The quantitative estimate of drug-likeness (QED) is 0.495. The van der Waals surface area contributed by atoms with Crippen LogP contribution < -0.4 is 0 Å². The Hall–Kier alpha value is 0.769. The van der Waals surface area contributed by atoms with Crippen molar-refractivity contribution in [3.63, 3.8) is 0 Å². The van der Waals surface area contributed by atoms with E-state index in [4.69, 9.17) is 3.82 Å². The normalized spacial score (nSPS) is 10.3. The van der Waals surface area contributed by atoms with E-state index in [2.05, 4.69) is 16.3 Å². The predicted molar refractivity (Wildman–Crippen MR) is 28.1 cm³/mol. The predicted octanol–water partition coefficient (Wildman–Crippen LogP) is 1.69. The van der Waals surface area contributed by atoms with Crippen LogP contribution in [0.25, 0.3) is 0 Å². The fourth-order valence-corrected chi connectivity index (χ4v) is 0. The molecule has 46 valence electrons. The van der Waals surface area contributed by atoms with Gasteiger partial charge in [-0.2, -0.15) is 0 Å². The standard InChI is InChI=1S/C4H9O.ClH.Mn/c1-4(2,3)5;;/h1-3H3;1H;/q-1;;+1. The van der Waals surface area contributed by atoms with Gasteiger partial charge in [-0.1, -0.05) is 0 Å². The van der Waals surface area contributed by atoms with Crippen LogP contribution in [0.4, 0.5) is 0 Å². The summed E-state index contributed by atoms with van der Waals surface area (Å²) in [6.07, 6.45) is 0. The van der Waals surface area contributed by atoms with Gasteiger partial charge in [-0.25, -0.2) is 0 Å². The molecule has 0 heterocycles. The van der Waals surface area contributed by atoms with Gasteiger partial charge in [0, 0.05) is 0 Å². The Morgan fingerprint density at radius 3 is 1.43 bits per heavy atom. The minimum Gasteiger partial charge on any atom is -0.147 e. The van der Waals surface area contributed by atoms with Crippen molar-refractivity contribution in [1.82, 2.24) is 0 Å². The van der Waals surface area contributed by atoms with Crippen molar-refractivity contribution in [2.45, 2.75) is 26.4 Å². The van der Waals surface area contributed by atoms with Gasteiger partial charge in [0.1, 0.15) is 0 Å². The second-order valence-corrected chi connectivity index (χ2v) is 2.43. The molecular weight excluding hydrogens is 154 g/mol. The Labute approximate surface area is 59.4 Å². The second-order valence-electron chi connectivity index (χ2n) is 2.19. The molecule has 0 saturated carbocycles. The van der Waals surface area contributed by atoms with Gasteiger partial charge in [-0.15, -0.1) is 12.4 Å². The Bertz CT molecular complexity index is 41.4. The Morgan fingerprint density at radius 1 is 1.29 bits per heavy atom. The maximum Gasteiger partial charge on any atom is -0.147 e. The third kappa shape index (κ3) is 10.8. The summed E-state index contributed by atoms with van der Waals surface area (Å²) in [5.74, 6) is 0. The van der Waals surface area contributed by atoms with Crippen LogP contribution >= 0.6 is 12.4 Å². The molecule has 0 fully saturated rings. The van der Waals surface area contributed by atoms with Crippen LogP contribution in [0.15, 0.2) is 0 Å². The number of halogens is 1. The van der Waals surface area contributed by atoms with Crippen LogP contribution in [0.5, 0.6) is 0 Å². The minimum absolute atomic E-state index is 0. The largest absolute Gasteiger partial charge is 0.147 e. The summed E-state index contributed by atoms with van der Waals surface area (Å²) >= 11 is 2.87. The molecule has 0 amide bonds. The molecule has 1 nitrogen and oxygen atoms in total. The van der Waals surface area contributed by atoms with Crippen LogP contribution in [-0.4, -0.2) is 5.60 Å². The summed E-state index contributed by atoms with van der Waals surface area (Å²) in [7, 11) is 0. The molecule has 0 aromatic rings. The zero-order valence-corrected chi connectivity index (χ0v) is 6.69. The molecule has 0 unspecified atom stereocenters. The summed E-state index contributed by atoms with van der Waals surface area (Å²) in [5, 5.41) is 0. The molecule has 7 heavy (non-hydrogen) atoms. The summed E-state index contributed by atoms with van der Waals surface area (Å²) < 4.78 is 4.75. The van der Waals surface area contributed by atoms with Crippen LogP contribution in [0.1, 0.15) is 20.8 Å². The fourth-order valence-electron chi connectivity index (χ4n) is 0. The van der Waals surface area contributed by atoms with Gasteiger partial charge in [-0.05, 0) is 0 Å². The van der Waals surface area contributed by atoms with Crippen molar-refractivity contribution >= 4 is 12.4 Å². The van der Waals surface area contributed by atoms with Crippen molar-refractivity contribution < 1.29 is 20.2 Å². The van der Waals surface area contributed by atoms with Gasteiger partial charge in [0.2, 0.25) is 0 Å². The van der Waals surface area contributed by atoms with Crippen molar-refractivity contribution in [2.24, 2.45) is 0 Å². The number of hydrogen-bond acceptors (Lipinski definition) is 1. The third-order valence-electron chi connectivity index (χ3n) is 0.231. The molecule has 0 aliphatic rings. The molecule has 0 bridgehead atoms. The van der Waals surface area contributed by atoms with Crippen molar-refractivity contribution in [3.05, 3.63) is 0 Å². The summed E-state index contributed by atoms with van der Waals surface area (Å²) in [4.78, 5) is 0. The van der Waals surface area contributed by atoms with Gasteiger partial charge < -0.3 is 0 Å². The monoisotopic (exact) mass is 164 g/mol. The van der Waals surface area contributed by atoms with E-state index in [0.717, 1.165) is 0 Å². The van der Waals surface area contributed by atoms with E-state index < -0.39 is 0 Å². The Kier molecular flexibility index (Phi) is 5.70. The number of rotatable bonds is 0. The van der Waals surface area contributed by atoms with E-state index in [1.54, 1.807) is 0 Å². The molecule has 0 atom stereocenters. The zero-order valence-electron chi connectivity index (χ0n) is 4.69. The first-order valence-electron chi connectivity index (χ1n) is 1.86. The summed E-state index contributed by atoms with van der Waals surface area (Å²) in [6, 6.07) is 0. The molecule has 0 aliphatic heterocycles. The summed E-state index contributed by atoms with van der Waals surface area (Å²) in [5.41, 5.74) is -0.0417. The van der Waals surface area contributed by atoms with E-state index >= 15 is 0 Å². The first-order chi connectivity index (χ1) is 2.56. The molecule has 0 N–H and O–H groups in total. The maximum absolute atomic E-state index is 4.75. The SMILES string of the molecule is CC(C)(C)[O][Mn].Cl. The molecule has 0 radical (unpaired) electrons. The van der Waals surface area contributed by atoms with Gasteiger partial charge in [0.25, 0.3) is 0 Å². The van der Waals surface area contributed by atoms with E-state index in [0.29, 0.717) is 0 Å². The van der Waals surface area contributed by atoms with Crippen molar-refractivity contribution in [3.8, 4) is 0 Å². The van der Waals surface area contributed by atoms with Gasteiger partial charge in [0.15, 0.2) is 0 Å². The minimum atomic E-state index is -0.0417. The Balaban J connectivity index is 0. The molecule has 0 aromatic heterocycles. The molecule has 0 saturated heterocycles. The first-order valence-corrected chi connectivity index (χ1v) is 2.34. The molecule has 0 aliphatic carbocycles. The van der Waals surface area contributed by atoms with Crippen molar-refractivity contribution in [2.75, 3.05) is 0 Å². The van der Waals surface area contributed by atoms with Crippen LogP contribution in [-0.2, 0) is 20.2 Å². The number of hydrogen-bond donors (Lipinski definition) is 0. The van der Waals surface area contributed by atoms with E-state index in [9.17, 15) is 0 Å². The van der Waals surface area contributed by atoms with Crippen LogP contribution in [0.2, 0.25) is 0 Å². The van der Waals surface area contributed by atoms with Crippen LogP contribution in [0.3, 0.4) is 0 Å². The fraction of sp³-hybridized carbons (Fsp3) is 1.00. The average Bonchev–Trinajstić information content (AvgIpc) is 1.35. The van der Waals surface area contributed by atoms with E-state index in [1.165, 1.54) is 0 Å². The molecular formula is C4H10ClMnO.